The fraction of sp³-hybridized carbons (Fsp3) is 0.143. The van der Waals surface area contributed by atoms with Gasteiger partial charge in [-0.3, -0.25) is 10.1 Å². The van der Waals surface area contributed by atoms with Crippen LogP contribution in [0.1, 0.15) is 5.56 Å². The summed E-state index contributed by atoms with van der Waals surface area (Å²) in [5, 5.41) is 37.4. The van der Waals surface area contributed by atoms with Crippen molar-refractivity contribution in [3.8, 4) is 17.2 Å². The van der Waals surface area contributed by atoms with Crippen LogP contribution in [0, 0.1) is 17.0 Å². The second-order valence-corrected chi connectivity index (χ2v) is 2.97. The van der Waals surface area contributed by atoms with Gasteiger partial charge in [0.1, 0.15) is 10.8 Å². The summed E-state index contributed by atoms with van der Waals surface area (Å²) in [5.74, 6) is -2.47. The molecule has 0 amide bonds. The molecule has 0 saturated heterocycles. The SMILES string of the molecule is Cc1c(O)c(Cl)c(O)c(O)c1[N+](=O)[O-]. The molecule has 0 bridgehead atoms. The van der Waals surface area contributed by atoms with Crippen LogP contribution < -0.4 is 0 Å². The van der Waals surface area contributed by atoms with E-state index in [1.807, 2.05) is 0 Å². The predicted molar refractivity (Wildman–Crippen MR) is 47.8 cm³/mol. The van der Waals surface area contributed by atoms with E-state index in [2.05, 4.69) is 0 Å². The van der Waals surface area contributed by atoms with Crippen LogP contribution >= 0.6 is 11.6 Å². The quantitative estimate of drug-likeness (QED) is 0.288. The highest BCUT2D eigenvalue weighted by molar-refractivity contribution is 6.34. The number of phenols is 3. The highest BCUT2D eigenvalue weighted by Crippen LogP contribution is 2.48. The number of rotatable bonds is 1. The first kappa shape index (κ1) is 10.4. The Morgan fingerprint density at radius 2 is 1.71 bits per heavy atom. The van der Waals surface area contributed by atoms with Crippen molar-refractivity contribution in [2.45, 2.75) is 6.92 Å². The fourth-order valence-electron chi connectivity index (χ4n) is 1.01. The standard InChI is InChI=1S/C7H6ClNO5/c1-2-4(9(13)14)7(12)6(11)3(8)5(2)10/h10-12H,1H3. The van der Waals surface area contributed by atoms with Crippen molar-refractivity contribution in [2.24, 2.45) is 0 Å². The largest absolute Gasteiger partial charge is 0.506 e. The van der Waals surface area contributed by atoms with Crippen LogP contribution in [0.5, 0.6) is 17.2 Å². The van der Waals surface area contributed by atoms with E-state index >= 15 is 0 Å². The Morgan fingerprint density at radius 1 is 1.21 bits per heavy atom. The van der Waals surface area contributed by atoms with Gasteiger partial charge in [0.2, 0.25) is 5.75 Å². The van der Waals surface area contributed by atoms with Crippen LogP contribution in [0.3, 0.4) is 0 Å². The van der Waals surface area contributed by atoms with Crippen molar-refractivity contribution in [1.29, 1.82) is 0 Å². The number of hydrogen-bond acceptors (Lipinski definition) is 5. The molecule has 76 valence electrons. The summed E-state index contributed by atoms with van der Waals surface area (Å²) < 4.78 is 0. The van der Waals surface area contributed by atoms with Gasteiger partial charge < -0.3 is 15.3 Å². The fourth-order valence-corrected chi connectivity index (χ4v) is 1.24. The summed E-state index contributed by atoms with van der Waals surface area (Å²) in [6, 6.07) is 0. The predicted octanol–water partition coefficient (Wildman–Crippen LogP) is 1.67. The third-order valence-corrected chi connectivity index (χ3v) is 2.12. The van der Waals surface area contributed by atoms with E-state index in [0.29, 0.717) is 0 Å². The molecule has 1 rings (SSSR count). The first-order valence-electron chi connectivity index (χ1n) is 3.45. The molecule has 3 N–H and O–H groups in total. The van der Waals surface area contributed by atoms with Gasteiger partial charge in [0.15, 0.2) is 5.75 Å². The number of nitro groups is 1. The van der Waals surface area contributed by atoms with Gasteiger partial charge in [0.25, 0.3) is 0 Å². The molecule has 14 heavy (non-hydrogen) atoms. The highest BCUT2D eigenvalue weighted by atomic mass is 35.5. The van der Waals surface area contributed by atoms with Crippen LogP contribution in [0.15, 0.2) is 0 Å². The van der Waals surface area contributed by atoms with Crippen molar-refractivity contribution >= 4 is 17.3 Å². The van der Waals surface area contributed by atoms with Crippen LogP contribution in [-0.2, 0) is 0 Å². The average Bonchev–Trinajstić information content (AvgIpc) is 2.11. The molecule has 0 radical (unpaired) electrons. The molecule has 0 unspecified atom stereocenters. The zero-order valence-corrected chi connectivity index (χ0v) is 7.74. The third kappa shape index (κ3) is 1.29. The number of nitro benzene ring substituents is 1. The summed E-state index contributed by atoms with van der Waals surface area (Å²) in [6.07, 6.45) is 0. The summed E-state index contributed by atoms with van der Waals surface area (Å²) in [7, 11) is 0. The maximum atomic E-state index is 10.4. The van der Waals surface area contributed by atoms with E-state index < -0.39 is 32.9 Å². The minimum atomic E-state index is -0.949. The van der Waals surface area contributed by atoms with E-state index in [1.54, 1.807) is 0 Å². The van der Waals surface area contributed by atoms with Crippen LogP contribution in [0.2, 0.25) is 5.02 Å². The van der Waals surface area contributed by atoms with Gasteiger partial charge in [-0.15, -0.1) is 0 Å². The summed E-state index contributed by atoms with van der Waals surface area (Å²) >= 11 is 5.38. The molecule has 6 nitrogen and oxygen atoms in total. The minimum absolute atomic E-state index is 0.199. The van der Waals surface area contributed by atoms with Crippen molar-refractivity contribution in [2.75, 3.05) is 0 Å². The van der Waals surface area contributed by atoms with Crippen molar-refractivity contribution in [3.05, 3.63) is 20.7 Å². The van der Waals surface area contributed by atoms with Gasteiger partial charge in [0, 0.05) is 0 Å². The van der Waals surface area contributed by atoms with Gasteiger partial charge in [-0.05, 0) is 6.92 Å². The zero-order chi connectivity index (χ0) is 11.0. The monoisotopic (exact) mass is 219 g/mol. The Hall–Kier alpha value is -1.69. The van der Waals surface area contributed by atoms with E-state index in [9.17, 15) is 15.2 Å². The number of aromatic hydroxyl groups is 3. The van der Waals surface area contributed by atoms with Gasteiger partial charge in [-0.2, -0.15) is 0 Å². The van der Waals surface area contributed by atoms with Crippen LogP contribution in [0.4, 0.5) is 5.69 Å². The summed E-state index contributed by atoms with van der Waals surface area (Å²) in [4.78, 5) is 9.52. The highest BCUT2D eigenvalue weighted by Gasteiger charge is 2.27. The zero-order valence-electron chi connectivity index (χ0n) is 6.98. The van der Waals surface area contributed by atoms with Gasteiger partial charge in [-0.25, -0.2) is 0 Å². The lowest BCUT2D eigenvalue weighted by Gasteiger charge is -2.06. The Morgan fingerprint density at radius 3 is 2.14 bits per heavy atom. The van der Waals surface area contributed by atoms with Crippen LogP contribution in [0.25, 0.3) is 0 Å². The molecule has 0 atom stereocenters. The van der Waals surface area contributed by atoms with Gasteiger partial charge >= 0.3 is 5.69 Å². The molecule has 0 aliphatic heterocycles. The molecule has 0 heterocycles. The maximum absolute atomic E-state index is 10.4. The summed E-state index contributed by atoms with van der Waals surface area (Å²) in [5.41, 5.74) is -0.959. The lowest BCUT2D eigenvalue weighted by molar-refractivity contribution is -0.386. The molecule has 1 aromatic carbocycles. The lowest BCUT2D eigenvalue weighted by atomic mass is 10.1. The third-order valence-electron chi connectivity index (χ3n) is 1.76. The molecular weight excluding hydrogens is 214 g/mol. The van der Waals surface area contributed by atoms with Crippen LogP contribution in [-0.4, -0.2) is 20.2 Å². The minimum Gasteiger partial charge on any atom is -0.506 e. The Labute approximate surface area is 83.1 Å². The van der Waals surface area contributed by atoms with E-state index in [-0.39, 0.29) is 5.56 Å². The molecule has 7 heteroatoms. The average molecular weight is 220 g/mol. The van der Waals surface area contributed by atoms with Gasteiger partial charge in [0.05, 0.1) is 10.5 Å². The van der Waals surface area contributed by atoms with Crippen molar-refractivity contribution < 1.29 is 20.2 Å². The van der Waals surface area contributed by atoms with E-state index in [1.165, 1.54) is 6.92 Å². The second kappa shape index (κ2) is 3.22. The van der Waals surface area contributed by atoms with E-state index in [4.69, 9.17) is 21.8 Å². The Kier molecular flexibility index (Phi) is 2.39. The number of benzene rings is 1. The maximum Gasteiger partial charge on any atom is 0.321 e. The van der Waals surface area contributed by atoms with Gasteiger partial charge in [-0.1, -0.05) is 11.6 Å². The number of halogens is 1. The molecule has 0 saturated carbocycles. The van der Waals surface area contributed by atoms with Crippen molar-refractivity contribution in [3.63, 3.8) is 0 Å². The molecular formula is C7H6ClNO5. The summed E-state index contributed by atoms with van der Waals surface area (Å²) in [6.45, 7) is 1.21. The smallest absolute Gasteiger partial charge is 0.321 e. The molecule has 0 fully saturated rings. The molecule has 0 aliphatic rings. The number of hydrogen-bond donors (Lipinski definition) is 3. The lowest BCUT2D eigenvalue weighted by Crippen LogP contribution is -1.93. The molecule has 0 aromatic heterocycles. The number of phenolic OH excluding ortho intramolecular Hbond substituents is 3. The Balaban J connectivity index is 3.68. The topological polar surface area (TPSA) is 104 Å². The number of nitrogens with zero attached hydrogens (tertiary/aromatic N) is 1. The van der Waals surface area contributed by atoms with E-state index in [0.717, 1.165) is 0 Å². The van der Waals surface area contributed by atoms with Crippen molar-refractivity contribution in [1.82, 2.24) is 0 Å². The molecule has 1 aromatic rings. The first-order chi connectivity index (χ1) is 6.37. The molecule has 0 spiro atoms. The Bertz CT molecular complexity index is 388. The molecule has 0 aliphatic carbocycles. The normalized spacial score (nSPS) is 10.1. The second-order valence-electron chi connectivity index (χ2n) is 2.59. The first-order valence-corrected chi connectivity index (χ1v) is 3.83.